The first-order valence-corrected chi connectivity index (χ1v) is 4.74. The average Bonchev–Trinajstić information content (AvgIpc) is 2.26. The summed E-state index contributed by atoms with van der Waals surface area (Å²) in [5.41, 5.74) is 0.966. The van der Waals surface area contributed by atoms with Crippen molar-refractivity contribution >= 4 is 10.9 Å². The predicted molar refractivity (Wildman–Crippen MR) is 54.3 cm³/mol. The minimum atomic E-state index is -4.70. The van der Waals surface area contributed by atoms with E-state index in [1.807, 2.05) is 0 Å². The van der Waals surface area contributed by atoms with Crippen molar-refractivity contribution in [2.24, 2.45) is 0 Å². The van der Waals surface area contributed by atoms with Gasteiger partial charge in [-0.1, -0.05) is 6.07 Å². The highest BCUT2D eigenvalue weighted by atomic mass is 19.4. The minimum absolute atomic E-state index is 0.212. The highest BCUT2D eigenvalue weighted by molar-refractivity contribution is 5.80. The lowest BCUT2D eigenvalue weighted by atomic mass is 10.2. The molecule has 1 heterocycles. The van der Waals surface area contributed by atoms with Gasteiger partial charge in [-0.15, -0.1) is 13.2 Å². The molecule has 0 fully saturated rings. The Bertz CT molecular complexity index is 540. The summed E-state index contributed by atoms with van der Waals surface area (Å²) in [6.07, 6.45) is -4.70. The molecule has 0 saturated carbocycles. The van der Waals surface area contributed by atoms with Crippen LogP contribution in [0.15, 0.2) is 30.3 Å². The van der Waals surface area contributed by atoms with Crippen molar-refractivity contribution < 1.29 is 23.0 Å². The van der Waals surface area contributed by atoms with Crippen molar-refractivity contribution in [2.45, 2.75) is 13.0 Å². The standard InChI is InChI=1S/C11H8F3NO2/c12-11(13,14)17-9-3-4-10-7(5-9)1-2-8(6-16)15-10/h1-5,16H,6H2. The fourth-order valence-electron chi connectivity index (χ4n) is 1.43. The maximum absolute atomic E-state index is 12.0. The van der Waals surface area contributed by atoms with Crippen molar-refractivity contribution in [3.63, 3.8) is 0 Å². The predicted octanol–water partition coefficient (Wildman–Crippen LogP) is 2.63. The summed E-state index contributed by atoms with van der Waals surface area (Å²) in [6, 6.07) is 6.97. The molecule has 2 aromatic rings. The first kappa shape index (κ1) is 11.7. The summed E-state index contributed by atoms with van der Waals surface area (Å²) in [7, 11) is 0. The third kappa shape index (κ3) is 2.85. The lowest BCUT2D eigenvalue weighted by Gasteiger charge is -2.09. The topological polar surface area (TPSA) is 42.4 Å². The van der Waals surface area contributed by atoms with Crippen molar-refractivity contribution in [2.75, 3.05) is 0 Å². The van der Waals surface area contributed by atoms with Crippen LogP contribution in [0, 0.1) is 0 Å². The Morgan fingerprint density at radius 2 is 1.94 bits per heavy atom. The van der Waals surface area contributed by atoms with E-state index < -0.39 is 6.36 Å². The van der Waals surface area contributed by atoms with Gasteiger partial charge in [-0.2, -0.15) is 0 Å². The Morgan fingerprint density at radius 1 is 1.18 bits per heavy atom. The van der Waals surface area contributed by atoms with E-state index in [0.29, 0.717) is 16.6 Å². The van der Waals surface area contributed by atoms with Crippen LogP contribution in [0.25, 0.3) is 10.9 Å². The molecule has 0 aliphatic rings. The Balaban J connectivity index is 2.38. The van der Waals surface area contributed by atoms with E-state index in [-0.39, 0.29) is 12.4 Å². The zero-order chi connectivity index (χ0) is 12.5. The van der Waals surface area contributed by atoms with E-state index >= 15 is 0 Å². The lowest BCUT2D eigenvalue weighted by Crippen LogP contribution is -2.17. The number of alkyl halides is 3. The number of aromatic nitrogens is 1. The van der Waals surface area contributed by atoms with Crippen LogP contribution in [0.1, 0.15) is 5.69 Å². The monoisotopic (exact) mass is 243 g/mol. The number of nitrogens with zero attached hydrogens (tertiary/aromatic N) is 1. The second-order valence-corrected chi connectivity index (χ2v) is 3.36. The number of ether oxygens (including phenoxy) is 1. The molecular formula is C11H8F3NO2. The minimum Gasteiger partial charge on any atom is -0.406 e. The van der Waals surface area contributed by atoms with Gasteiger partial charge >= 0.3 is 6.36 Å². The molecule has 2 rings (SSSR count). The van der Waals surface area contributed by atoms with Gasteiger partial charge in [-0.05, 0) is 24.3 Å². The summed E-state index contributed by atoms with van der Waals surface area (Å²) >= 11 is 0. The summed E-state index contributed by atoms with van der Waals surface area (Å²) in [6.45, 7) is -0.212. The quantitative estimate of drug-likeness (QED) is 0.881. The third-order valence-electron chi connectivity index (χ3n) is 2.11. The number of pyridine rings is 1. The molecule has 6 heteroatoms. The molecule has 1 aromatic carbocycles. The largest absolute Gasteiger partial charge is 0.573 e. The van der Waals surface area contributed by atoms with Gasteiger partial charge in [-0.3, -0.25) is 4.98 Å². The number of hydrogen-bond donors (Lipinski definition) is 1. The maximum atomic E-state index is 12.0. The summed E-state index contributed by atoms with van der Waals surface area (Å²) < 4.78 is 39.8. The number of fused-ring (bicyclic) bond motifs is 1. The van der Waals surface area contributed by atoms with Crippen LogP contribution in [-0.2, 0) is 6.61 Å². The molecule has 0 aliphatic heterocycles. The maximum Gasteiger partial charge on any atom is 0.573 e. The van der Waals surface area contributed by atoms with E-state index in [2.05, 4.69) is 9.72 Å². The second kappa shape index (κ2) is 4.21. The second-order valence-electron chi connectivity index (χ2n) is 3.36. The molecule has 0 atom stereocenters. The van der Waals surface area contributed by atoms with Gasteiger partial charge in [0.25, 0.3) is 0 Å². The zero-order valence-corrected chi connectivity index (χ0v) is 8.53. The number of rotatable bonds is 2. The van der Waals surface area contributed by atoms with Crippen LogP contribution in [0.5, 0.6) is 5.75 Å². The lowest BCUT2D eigenvalue weighted by molar-refractivity contribution is -0.274. The van der Waals surface area contributed by atoms with Gasteiger partial charge < -0.3 is 9.84 Å². The molecule has 17 heavy (non-hydrogen) atoms. The molecule has 0 aliphatic carbocycles. The number of hydrogen-bond acceptors (Lipinski definition) is 3. The molecule has 3 nitrogen and oxygen atoms in total. The van der Waals surface area contributed by atoms with Gasteiger partial charge in [-0.25, -0.2) is 0 Å². The molecule has 1 aromatic heterocycles. The molecule has 0 amide bonds. The Labute approximate surface area is 94.5 Å². The van der Waals surface area contributed by atoms with Crippen LogP contribution < -0.4 is 4.74 Å². The summed E-state index contributed by atoms with van der Waals surface area (Å²) in [5, 5.41) is 9.39. The van der Waals surface area contributed by atoms with Gasteiger partial charge in [0.05, 0.1) is 17.8 Å². The van der Waals surface area contributed by atoms with E-state index in [1.165, 1.54) is 18.2 Å². The molecule has 1 N–H and O–H groups in total. The van der Waals surface area contributed by atoms with Crippen LogP contribution in [0.4, 0.5) is 13.2 Å². The summed E-state index contributed by atoms with van der Waals surface area (Å²) in [5.74, 6) is -0.288. The Morgan fingerprint density at radius 3 is 2.59 bits per heavy atom. The van der Waals surface area contributed by atoms with Gasteiger partial charge in [0, 0.05) is 5.39 Å². The average molecular weight is 243 g/mol. The third-order valence-corrected chi connectivity index (χ3v) is 2.11. The number of aliphatic hydroxyl groups is 1. The highest BCUT2D eigenvalue weighted by Gasteiger charge is 2.31. The highest BCUT2D eigenvalue weighted by Crippen LogP contribution is 2.25. The van der Waals surface area contributed by atoms with Crippen molar-refractivity contribution in [3.05, 3.63) is 36.0 Å². The van der Waals surface area contributed by atoms with Crippen molar-refractivity contribution in [3.8, 4) is 5.75 Å². The fourth-order valence-corrected chi connectivity index (χ4v) is 1.43. The van der Waals surface area contributed by atoms with Crippen LogP contribution in [-0.4, -0.2) is 16.5 Å². The number of halogens is 3. The molecule has 0 saturated heterocycles. The van der Waals surface area contributed by atoms with Crippen molar-refractivity contribution in [1.82, 2.24) is 4.98 Å². The first-order chi connectivity index (χ1) is 7.98. The summed E-state index contributed by atoms with van der Waals surface area (Å²) in [4.78, 5) is 4.04. The molecule has 0 spiro atoms. The van der Waals surface area contributed by atoms with E-state index in [0.717, 1.165) is 0 Å². The van der Waals surface area contributed by atoms with E-state index in [1.54, 1.807) is 12.1 Å². The Hall–Kier alpha value is -1.82. The van der Waals surface area contributed by atoms with Gasteiger partial charge in [0.1, 0.15) is 5.75 Å². The SMILES string of the molecule is OCc1ccc2cc(OC(F)(F)F)ccc2n1. The molecule has 0 unspecified atom stereocenters. The number of aliphatic hydroxyl groups excluding tert-OH is 1. The first-order valence-electron chi connectivity index (χ1n) is 4.74. The molecule has 0 bridgehead atoms. The van der Waals surface area contributed by atoms with Crippen LogP contribution in [0.3, 0.4) is 0 Å². The normalized spacial score (nSPS) is 11.8. The van der Waals surface area contributed by atoms with Gasteiger partial charge in [0.15, 0.2) is 0 Å². The number of benzene rings is 1. The van der Waals surface area contributed by atoms with Gasteiger partial charge in [0.2, 0.25) is 0 Å². The molecule has 90 valence electrons. The van der Waals surface area contributed by atoms with E-state index in [9.17, 15) is 13.2 Å². The van der Waals surface area contributed by atoms with Crippen molar-refractivity contribution in [1.29, 1.82) is 0 Å². The van der Waals surface area contributed by atoms with E-state index in [4.69, 9.17) is 5.11 Å². The smallest absolute Gasteiger partial charge is 0.406 e. The van der Waals surface area contributed by atoms with Crippen LogP contribution in [0.2, 0.25) is 0 Å². The fraction of sp³-hybridized carbons (Fsp3) is 0.182. The molecule has 0 radical (unpaired) electrons. The molecular weight excluding hydrogens is 235 g/mol. The zero-order valence-electron chi connectivity index (χ0n) is 8.53. The Kier molecular flexibility index (Phi) is 2.89. The van der Waals surface area contributed by atoms with Crippen LogP contribution >= 0.6 is 0 Å².